The average Bonchev–Trinajstić information content (AvgIpc) is 3.66. The molecule has 2 saturated heterocycles. The van der Waals surface area contributed by atoms with Gasteiger partial charge in [-0.3, -0.25) is 4.90 Å². The van der Waals surface area contributed by atoms with Gasteiger partial charge in [-0.1, -0.05) is 18.9 Å². The van der Waals surface area contributed by atoms with Crippen LogP contribution in [0.2, 0.25) is 0 Å². The zero-order valence-corrected chi connectivity index (χ0v) is 21.1. The first-order valence-electron chi connectivity index (χ1n) is 12.1. The van der Waals surface area contributed by atoms with E-state index in [1.54, 1.807) is 11.3 Å². The number of oxazole rings is 1. The summed E-state index contributed by atoms with van der Waals surface area (Å²) in [5, 5.41) is 14.8. The van der Waals surface area contributed by atoms with E-state index in [1.165, 1.54) is 40.6 Å². The number of anilines is 1. The summed E-state index contributed by atoms with van der Waals surface area (Å²) in [6.45, 7) is 3.63. The zero-order chi connectivity index (χ0) is 24.3. The van der Waals surface area contributed by atoms with Crippen LogP contribution in [-0.2, 0) is 10.0 Å². The molecule has 0 aromatic carbocycles. The van der Waals surface area contributed by atoms with E-state index >= 15 is 0 Å². The summed E-state index contributed by atoms with van der Waals surface area (Å²) in [5.74, 6) is 0.517. The van der Waals surface area contributed by atoms with Crippen LogP contribution in [0.1, 0.15) is 55.1 Å². The highest BCUT2D eigenvalue weighted by molar-refractivity contribution is 7.89. The molecule has 0 aliphatic carbocycles. The van der Waals surface area contributed by atoms with Crippen LogP contribution in [0.15, 0.2) is 43.6 Å². The predicted molar refractivity (Wildman–Crippen MR) is 133 cm³/mol. The highest BCUT2D eigenvalue weighted by Gasteiger charge is 2.30. The normalized spacial score (nSPS) is 18.8. The van der Waals surface area contributed by atoms with Crippen LogP contribution < -0.4 is 5.32 Å². The SMILES string of the molecule is N#Cc1nc(-c2ccc(S(=O)(=O)N3CCCCC3)o2)oc1NCC(c1cccs1)N1CCCCC1. The molecular formula is C24H29N5O4S2. The minimum Gasteiger partial charge on any atom is -0.438 e. The molecule has 1 atom stereocenters. The molecule has 5 heterocycles. The summed E-state index contributed by atoms with van der Waals surface area (Å²) >= 11 is 1.72. The molecule has 2 aliphatic heterocycles. The number of nitriles is 1. The number of nitrogens with zero attached hydrogens (tertiary/aromatic N) is 4. The van der Waals surface area contributed by atoms with Crippen molar-refractivity contribution < 1.29 is 17.3 Å². The standard InChI is InChI=1S/C24H29N5O4S2/c25-16-18-23(26-17-19(21-8-7-15-34-21)28-11-3-1-4-12-28)33-24(27-18)20-9-10-22(32-20)35(30,31)29-13-5-2-6-14-29/h7-10,15,19,26H,1-6,11-14,17H2. The van der Waals surface area contributed by atoms with Gasteiger partial charge in [0.05, 0.1) is 6.04 Å². The predicted octanol–water partition coefficient (Wildman–Crippen LogP) is 4.68. The van der Waals surface area contributed by atoms with Crippen LogP contribution in [0.4, 0.5) is 5.88 Å². The Labute approximate surface area is 209 Å². The van der Waals surface area contributed by atoms with Crippen LogP contribution in [-0.4, -0.2) is 55.3 Å². The maximum Gasteiger partial charge on any atom is 0.276 e. The van der Waals surface area contributed by atoms with E-state index in [4.69, 9.17) is 8.83 Å². The minimum atomic E-state index is -3.70. The Hall–Kier alpha value is -2.65. The first kappa shape index (κ1) is 24.1. The number of furan rings is 1. The number of likely N-dealkylation sites (tertiary alicyclic amines) is 1. The van der Waals surface area contributed by atoms with Gasteiger partial charge in [-0.15, -0.1) is 11.3 Å². The first-order valence-corrected chi connectivity index (χ1v) is 14.4. The van der Waals surface area contributed by atoms with E-state index in [0.29, 0.717) is 19.6 Å². The van der Waals surface area contributed by atoms with Gasteiger partial charge in [0.2, 0.25) is 16.7 Å². The Morgan fingerprint density at radius 2 is 1.80 bits per heavy atom. The van der Waals surface area contributed by atoms with Crippen molar-refractivity contribution in [2.75, 3.05) is 38.0 Å². The number of piperidine rings is 2. The third kappa shape index (κ3) is 5.16. The Kier molecular flexibility index (Phi) is 7.24. The molecule has 0 amide bonds. The number of rotatable bonds is 8. The van der Waals surface area contributed by atoms with Gasteiger partial charge in [0.15, 0.2) is 5.76 Å². The van der Waals surface area contributed by atoms with Crippen LogP contribution in [0.25, 0.3) is 11.7 Å². The van der Waals surface area contributed by atoms with E-state index in [1.807, 2.05) is 0 Å². The third-order valence-corrected chi connectivity index (χ3v) is 9.34. The monoisotopic (exact) mass is 515 g/mol. The molecule has 0 spiro atoms. The largest absolute Gasteiger partial charge is 0.438 e. The van der Waals surface area contributed by atoms with Gasteiger partial charge >= 0.3 is 0 Å². The van der Waals surface area contributed by atoms with E-state index in [0.717, 1.165) is 32.4 Å². The van der Waals surface area contributed by atoms with Crippen molar-refractivity contribution in [3.05, 3.63) is 40.2 Å². The van der Waals surface area contributed by atoms with Gasteiger partial charge in [0.25, 0.3) is 15.9 Å². The van der Waals surface area contributed by atoms with Crippen molar-refractivity contribution in [2.45, 2.75) is 49.7 Å². The lowest BCUT2D eigenvalue weighted by atomic mass is 10.1. The molecule has 0 saturated carbocycles. The average molecular weight is 516 g/mol. The summed E-state index contributed by atoms with van der Waals surface area (Å²) in [5.41, 5.74) is 0.111. The smallest absolute Gasteiger partial charge is 0.276 e. The van der Waals surface area contributed by atoms with Gasteiger partial charge in [0.1, 0.15) is 6.07 Å². The topological polar surface area (TPSA) is 116 Å². The fraction of sp³-hybridized carbons (Fsp3) is 0.500. The van der Waals surface area contributed by atoms with E-state index in [9.17, 15) is 13.7 Å². The Balaban J connectivity index is 1.34. The summed E-state index contributed by atoms with van der Waals surface area (Å²) < 4.78 is 38.8. The van der Waals surface area contributed by atoms with Crippen LogP contribution in [0.3, 0.4) is 0 Å². The van der Waals surface area contributed by atoms with Gasteiger partial charge in [-0.2, -0.15) is 14.6 Å². The second kappa shape index (κ2) is 10.5. The zero-order valence-electron chi connectivity index (χ0n) is 19.5. The fourth-order valence-corrected chi connectivity index (χ4v) is 7.03. The van der Waals surface area contributed by atoms with Crippen molar-refractivity contribution in [3.8, 4) is 17.7 Å². The Morgan fingerprint density at radius 1 is 1.06 bits per heavy atom. The number of thiophene rings is 1. The second-order valence-corrected chi connectivity index (χ2v) is 11.7. The van der Waals surface area contributed by atoms with Crippen molar-refractivity contribution in [3.63, 3.8) is 0 Å². The Morgan fingerprint density at radius 3 is 2.49 bits per heavy atom. The maximum atomic E-state index is 12.9. The number of aromatic nitrogens is 1. The molecular weight excluding hydrogens is 486 g/mol. The first-order chi connectivity index (χ1) is 17.1. The van der Waals surface area contributed by atoms with E-state index in [2.05, 4.69) is 38.8 Å². The van der Waals surface area contributed by atoms with Crippen molar-refractivity contribution in [1.29, 1.82) is 5.26 Å². The maximum absolute atomic E-state index is 12.9. The van der Waals surface area contributed by atoms with E-state index in [-0.39, 0.29) is 34.4 Å². The van der Waals surface area contributed by atoms with E-state index < -0.39 is 10.0 Å². The number of nitrogens with one attached hydrogen (secondary N) is 1. The van der Waals surface area contributed by atoms with Gasteiger partial charge in [0, 0.05) is 24.5 Å². The molecule has 0 radical (unpaired) electrons. The molecule has 11 heteroatoms. The lowest BCUT2D eigenvalue weighted by Gasteiger charge is -2.34. The molecule has 2 fully saturated rings. The minimum absolute atomic E-state index is 0.0785. The van der Waals surface area contributed by atoms with Crippen molar-refractivity contribution >= 4 is 27.2 Å². The summed E-state index contributed by atoms with van der Waals surface area (Å²) in [6, 6.07) is 9.37. The van der Waals surface area contributed by atoms with Gasteiger partial charge in [-0.05, 0) is 62.4 Å². The lowest BCUT2D eigenvalue weighted by Crippen LogP contribution is -2.36. The molecule has 1 N–H and O–H groups in total. The molecule has 9 nitrogen and oxygen atoms in total. The van der Waals surface area contributed by atoms with Crippen molar-refractivity contribution in [2.24, 2.45) is 0 Å². The molecule has 3 aromatic heterocycles. The highest BCUT2D eigenvalue weighted by atomic mass is 32.2. The molecule has 3 aromatic rings. The molecule has 186 valence electrons. The number of hydrogen-bond donors (Lipinski definition) is 1. The van der Waals surface area contributed by atoms with Crippen LogP contribution in [0, 0.1) is 11.3 Å². The van der Waals surface area contributed by atoms with Crippen LogP contribution in [0.5, 0.6) is 0 Å². The number of hydrogen-bond acceptors (Lipinski definition) is 9. The molecule has 35 heavy (non-hydrogen) atoms. The quantitative estimate of drug-likeness (QED) is 0.460. The van der Waals surface area contributed by atoms with Gasteiger partial charge in [-0.25, -0.2) is 8.42 Å². The lowest BCUT2D eigenvalue weighted by molar-refractivity contribution is 0.172. The second-order valence-electron chi connectivity index (χ2n) is 8.90. The van der Waals surface area contributed by atoms with Gasteiger partial charge < -0.3 is 14.2 Å². The van der Waals surface area contributed by atoms with Crippen molar-refractivity contribution in [1.82, 2.24) is 14.2 Å². The third-order valence-electron chi connectivity index (χ3n) is 6.59. The highest BCUT2D eigenvalue weighted by Crippen LogP contribution is 2.32. The molecule has 5 rings (SSSR count). The van der Waals surface area contributed by atoms with Crippen LogP contribution >= 0.6 is 11.3 Å². The molecule has 1 unspecified atom stereocenters. The summed E-state index contributed by atoms with van der Waals surface area (Å²) in [6.07, 6.45) is 6.33. The molecule has 0 bridgehead atoms. The summed E-state index contributed by atoms with van der Waals surface area (Å²) in [4.78, 5) is 7.99. The molecule has 2 aliphatic rings. The fourth-order valence-electron chi connectivity index (χ4n) is 4.74. The number of sulfonamides is 1. The Bertz CT molecular complexity index is 1260. The summed E-state index contributed by atoms with van der Waals surface area (Å²) in [7, 11) is -3.70.